The number of hydrogen-bond acceptors (Lipinski definition) is 2. The van der Waals surface area contributed by atoms with Crippen molar-refractivity contribution in [3.8, 4) is 0 Å². The zero-order valence-electron chi connectivity index (χ0n) is 12.4. The Kier molecular flexibility index (Phi) is 4.48. The molecule has 0 fully saturated rings. The van der Waals surface area contributed by atoms with Crippen LogP contribution in [0.1, 0.15) is 39.7 Å². The second-order valence-corrected chi connectivity index (χ2v) is 6.12. The molecule has 0 spiro atoms. The van der Waals surface area contributed by atoms with E-state index in [4.69, 9.17) is 16.6 Å². The Morgan fingerprint density at radius 2 is 2.05 bits per heavy atom. The van der Waals surface area contributed by atoms with Crippen LogP contribution < -0.4 is 5.32 Å². The molecule has 0 saturated heterocycles. The quantitative estimate of drug-likeness (QED) is 0.893. The summed E-state index contributed by atoms with van der Waals surface area (Å²) >= 11 is 6.09. The molecule has 108 valence electrons. The van der Waals surface area contributed by atoms with E-state index in [2.05, 4.69) is 33.0 Å². The maximum Gasteiger partial charge on any atom is 0.249 e. The third-order valence-electron chi connectivity index (χ3n) is 3.79. The van der Waals surface area contributed by atoms with E-state index < -0.39 is 0 Å². The Hall–Kier alpha value is -1.35. The molecule has 0 unspecified atom stereocenters. The van der Waals surface area contributed by atoms with E-state index in [1.165, 1.54) is 0 Å². The zero-order chi connectivity index (χ0) is 14.9. The van der Waals surface area contributed by atoms with Crippen molar-refractivity contribution in [2.75, 3.05) is 5.32 Å². The summed E-state index contributed by atoms with van der Waals surface area (Å²) in [4.78, 5) is 17.1. The molecule has 1 aliphatic rings. The third kappa shape index (κ3) is 2.88. The van der Waals surface area contributed by atoms with Crippen LogP contribution in [0.5, 0.6) is 0 Å². The van der Waals surface area contributed by atoms with E-state index in [9.17, 15) is 4.79 Å². The fourth-order valence-electron chi connectivity index (χ4n) is 2.39. The van der Waals surface area contributed by atoms with Gasteiger partial charge in [0.2, 0.25) is 5.91 Å². The lowest BCUT2D eigenvalue weighted by molar-refractivity contribution is -0.118. The number of rotatable bonds is 3. The number of halogens is 1. The minimum Gasteiger partial charge on any atom is -0.324 e. The third-order valence-corrected chi connectivity index (χ3v) is 4.03. The average Bonchev–Trinajstić information content (AvgIpc) is 2.54. The lowest BCUT2D eigenvalue weighted by Crippen LogP contribution is -2.31. The predicted molar refractivity (Wildman–Crippen MR) is 84.7 cm³/mol. The first kappa shape index (κ1) is 15.0. The van der Waals surface area contributed by atoms with E-state index in [1.54, 1.807) is 6.07 Å². The number of carbonyl (C=O) groups is 1. The minimum absolute atomic E-state index is 0.0291. The molecule has 1 amide bonds. The molecule has 1 aromatic carbocycles. The Labute approximate surface area is 125 Å². The van der Waals surface area contributed by atoms with Gasteiger partial charge in [-0.05, 0) is 30.0 Å². The SMILES string of the molecule is CC[C@H](C)[C@@H]1N=C(C(C)C)c2cc(Cl)ccc2NC1=O. The summed E-state index contributed by atoms with van der Waals surface area (Å²) in [5, 5.41) is 3.65. The van der Waals surface area contributed by atoms with Gasteiger partial charge in [-0.1, -0.05) is 45.7 Å². The van der Waals surface area contributed by atoms with Crippen LogP contribution in [0.4, 0.5) is 5.69 Å². The second-order valence-electron chi connectivity index (χ2n) is 5.68. The Morgan fingerprint density at radius 1 is 1.35 bits per heavy atom. The molecule has 4 heteroatoms. The highest BCUT2D eigenvalue weighted by Gasteiger charge is 2.29. The lowest BCUT2D eigenvalue weighted by Gasteiger charge is -2.17. The van der Waals surface area contributed by atoms with Crippen molar-refractivity contribution in [3.05, 3.63) is 28.8 Å². The van der Waals surface area contributed by atoms with Crippen LogP contribution in [-0.4, -0.2) is 17.7 Å². The van der Waals surface area contributed by atoms with Gasteiger partial charge in [-0.3, -0.25) is 9.79 Å². The molecule has 1 N–H and O–H groups in total. The van der Waals surface area contributed by atoms with E-state index in [1.807, 2.05) is 12.1 Å². The molecule has 2 rings (SSSR count). The molecule has 1 heterocycles. The molecule has 3 nitrogen and oxygen atoms in total. The zero-order valence-corrected chi connectivity index (χ0v) is 13.2. The molecule has 1 aliphatic heterocycles. The molecule has 0 saturated carbocycles. The van der Waals surface area contributed by atoms with Crippen LogP contribution >= 0.6 is 11.6 Å². The second kappa shape index (κ2) is 5.96. The summed E-state index contributed by atoms with van der Waals surface area (Å²) in [6.45, 7) is 8.33. The predicted octanol–water partition coefficient (Wildman–Crippen LogP) is 4.15. The summed E-state index contributed by atoms with van der Waals surface area (Å²) < 4.78 is 0. The number of anilines is 1. The number of benzodiazepines with no additional fused rings is 1. The number of nitrogens with one attached hydrogen (secondary N) is 1. The number of carbonyl (C=O) groups excluding carboxylic acids is 1. The monoisotopic (exact) mass is 292 g/mol. The van der Waals surface area contributed by atoms with Crippen molar-refractivity contribution >= 4 is 28.9 Å². The summed E-state index contributed by atoms with van der Waals surface area (Å²) in [5.41, 5.74) is 2.69. The molecular weight excluding hydrogens is 272 g/mol. The van der Waals surface area contributed by atoms with Crippen molar-refractivity contribution in [3.63, 3.8) is 0 Å². The fourth-order valence-corrected chi connectivity index (χ4v) is 2.56. The van der Waals surface area contributed by atoms with E-state index in [0.717, 1.165) is 23.4 Å². The summed E-state index contributed by atoms with van der Waals surface area (Å²) in [6.07, 6.45) is 0.921. The largest absolute Gasteiger partial charge is 0.324 e. The first-order valence-electron chi connectivity index (χ1n) is 7.12. The Morgan fingerprint density at radius 3 is 2.65 bits per heavy atom. The summed E-state index contributed by atoms with van der Waals surface area (Å²) in [5.74, 6) is 0.429. The highest BCUT2D eigenvalue weighted by Crippen LogP contribution is 2.29. The van der Waals surface area contributed by atoms with Gasteiger partial charge in [0.15, 0.2) is 0 Å². The van der Waals surface area contributed by atoms with Gasteiger partial charge >= 0.3 is 0 Å². The van der Waals surface area contributed by atoms with Crippen molar-refractivity contribution < 1.29 is 4.79 Å². The first-order valence-corrected chi connectivity index (χ1v) is 7.50. The highest BCUT2D eigenvalue weighted by atomic mass is 35.5. The van der Waals surface area contributed by atoms with Crippen molar-refractivity contribution in [1.82, 2.24) is 0 Å². The van der Waals surface area contributed by atoms with Gasteiger partial charge in [0, 0.05) is 22.0 Å². The van der Waals surface area contributed by atoms with E-state index in [0.29, 0.717) is 5.02 Å². The number of hydrogen-bond donors (Lipinski definition) is 1. The molecule has 1 aromatic rings. The number of nitrogens with zero attached hydrogens (tertiary/aromatic N) is 1. The molecule has 0 radical (unpaired) electrons. The number of aliphatic imine (C=N–C) groups is 1. The van der Waals surface area contributed by atoms with Gasteiger partial charge in [0.05, 0.1) is 0 Å². The molecular formula is C16H21ClN2O. The molecule has 0 bridgehead atoms. The number of fused-ring (bicyclic) bond motifs is 1. The van der Waals surface area contributed by atoms with Gasteiger partial charge < -0.3 is 5.32 Å². The Balaban J connectivity index is 2.56. The number of amides is 1. The average molecular weight is 293 g/mol. The van der Waals surface area contributed by atoms with E-state index >= 15 is 0 Å². The van der Waals surface area contributed by atoms with Gasteiger partial charge in [0.25, 0.3) is 0 Å². The maximum atomic E-state index is 12.4. The lowest BCUT2D eigenvalue weighted by atomic mass is 9.96. The van der Waals surface area contributed by atoms with E-state index in [-0.39, 0.29) is 23.8 Å². The minimum atomic E-state index is -0.330. The topological polar surface area (TPSA) is 41.5 Å². The molecule has 2 atom stereocenters. The first-order chi connectivity index (χ1) is 9.43. The smallest absolute Gasteiger partial charge is 0.249 e. The molecule has 0 aromatic heterocycles. The fraction of sp³-hybridized carbons (Fsp3) is 0.500. The van der Waals surface area contributed by atoms with Crippen LogP contribution in [0.3, 0.4) is 0 Å². The molecule has 0 aliphatic carbocycles. The van der Waals surface area contributed by atoms with Crippen LogP contribution in [0, 0.1) is 11.8 Å². The van der Waals surface area contributed by atoms with Gasteiger partial charge in [-0.25, -0.2) is 0 Å². The van der Waals surface area contributed by atoms with Crippen LogP contribution in [0.25, 0.3) is 0 Å². The number of benzene rings is 1. The maximum absolute atomic E-state index is 12.4. The van der Waals surface area contributed by atoms with Gasteiger partial charge in [-0.2, -0.15) is 0 Å². The molecule has 20 heavy (non-hydrogen) atoms. The Bertz CT molecular complexity index is 551. The van der Waals surface area contributed by atoms with Gasteiger partial charge in [-0.15, -0.1) is 0 Å². The summed E-state index contributed by atoms with van der Waals surface area (Å²) in [7, 11) is 0. The van der Waals surface area contributed by atoms with Crippen molar-refractivity contribution in [2.45, 2.75) is 40.2 Å². The van der Waals surface area contributed by atoms with Crippen LogP contribution in [-0.2, 0) is 4.79 Å². The van der Waals surface area contributed by atoms with Crippen molar-refractivity contribution in [1.29, 1.82) is 0 Å². The van der Waals surface area contributed by atoms with Crippen molar-refractivity contribution in [2.24, 2.45) is 16.8 Å². The standard InChI is InChI=1S/C16H21ClN2O/c1-5-10(4)15-16(20)18-13-7-6-11(17)8-12(13)14(19-15)9(2)3/h6-10,15H,5H2,1-4H3,(H,18,20)/t10-,15-/m0/s1. The highest BCUT2D eigenvalue weighted by molar-refractivity contribution is 6.31. The van der Waals surface area contributed by atoms with Crippen LogP contribution in [0.2, 0.25) is 5.02 Å². The normalized spacial score (nSPS) is 20.0. The summed E-state index contributed by atoms with van der Waals surface area (Å²) in [6, 6.07) is 5.20. The van der Waals surface area contributed by atoms with Crippen LogP contribution in [0.15, 0.2) is 23.2 Å². The van der Waals surface area contributed by atoms with Gasteiger partial charge in [0.1, 0.15) is 6.04 Å².